The van der Waals surface area contributed by atoms with Crippen LogP contribution in [-0.2, 0) is 9.59 Å². The van der Waals surface area contributed by atoms with Crippen LogP contribution in [0, 0.1) is 0 Å². The van der Waals surface area contributed by atoms with Gasteiger partial charge in [0.25, 0.3) is 0 Å². The standard InChI is InChI=1S/C6H6O.C4H4O4/c7-6-4-2-1-3-5-6;5-3(6)1-2-4(7)8/h1-5,7H;1-2H,(H,5,6)(H,7,8)/b;2-1-. The number of hydrogen-bond donors (Lipinski definition) is 3. The van der Waals surface area contributed by atoms with Crippen molar-refractivity contribution in [1.82, 2.24) is 0 Å². The van der Waals surface area contributed by atoms with Crippen LogP contribution in [-0.4, -0.2) is 27.3 Å². The number of carboxylic acid groups (broad SMARTS) is 2. The lowest BCUT2D eigenvalue weighted by Gasteiger charge is -1.82. The zero-order valence-corrected chi connectivity index (χ0v) is 7.70. The smallest absolute Gasteiger partial charge is 0.328 e. The maximum absolute atomic E-state index is 9.55. The predicted octanol–water partition coefficient (Wildman–Crippen LogP) is 1.10. The van der Waals surface area contributed by atoms with Gasteiger partial charge in [0.1, 0.15) is 5.75 Å². The van der Waals surface area contributed by atoms with Gasteiger partial charge >= 0.3 is 11.9 Å². The Morgan fingerprint density at radius 1 is 0.933 bits per heavy atom. The number of phenolic OH excluding ortho intramolecular Hbond substituents is 1. The van der Waals surface area contributed by atoms with E-state index >= 15 is 0 Å². The maximum Gasteiger partial charge on any atom is 0.328 e. The van der Waals surface area contributed by atoms with Crippen molar-refractivity contribution in [3.8, 4) is 5.75 Å². The third kappa shape index (κ3) is 9.62. The minimum atomic E-state index is -1.26. The Kier molecular flexibility index (Phi) is 6.04. The molecular weight excluding hydrogens is 200 g/mol. The number of para-hydroxylation sites is 1. The molecule has 0 fully saturated rings. The van der Waals surface area contributed by atoms with E-state index < -0.39 is 11.9 Å². The van der Waals surface area contributed by atoms with Gasteiger partial charge in [-0.1, -0.05) is 18.2 Å². The molecule has 0 atom stereocenters. The molecule has 0 saturated heterocycles. The summed E-state index contributed by atoms with van der Waals surface area (Å²) in [6.07, 6.45) is 1.12. The third-order valence-corrected chi connectivity index (χ3v) is 1.12. The maximum atomic E-state index is 9.55. The first-order chi connectivity index (χ1) is 7.02. The molecule has 0 saturated carbocycles. The molecule has 1 aromatic carbocycles. The molecule has 1 aromatic rings. The summed E-state index contributed by atoms with van der Waals surface area (Å²) in [4.78, 5) is 19.1. The number of benzene rings is 1. The largest absolute Gasteiger partial charge is 0.508 e. The summed E-state index contributed by atoms with van der Waals surface area (Å²) >= 11 is 0. The fraction of sp³-hybridized carbons (Fsp3) is 0. The summed E-state index contributed by atoms with van der Waals surface area (Å²) in [5, 5.41) is 24.3. The lowest BCUT2D eigenvalue weighted by molar-refractivity contribution is -0.134. The lowest BCUT2D eigenvalue weighted by Crippen LogP contribution is -1.91. The van der Waals surface area contributed by atoms with Crippen molar-refractivity contribution in [3.63, 3.8) is 0 Å². The van der Waals surface area contributed by atoms with Gasteiger partial charge in [-0.05, 0) is 12.1 Å². The molecule has 0 spiro atoms. The number of carbonyl (C=O) groups is 2. The van der Waals surface area contributed by atoms with Gasteiger partial charge in [-0.25, -0.2) is 9.59 Å². The second-order valence-corrected chi connectivity index (χ2v) is 2.35. The van der Waals surface area contributed by atoms with Crippen LogP contribution >= 0.6 is 0 Å². The number of rotatable bonds is 2. The van der Waals surface area contributed by atoms with Gasteiger partial charge in [0, 0.05) is 12.2 Å². The average molecular weight is 210 g/mol. The molecule has 5 heteroatoms. The molecule has 1 rings (SSSR count). The van der Waals surface area contributed by atoms with E-state index in [9.17, 15) is 9.59 Å². The van der Waals surface area contributed by atoms with Gasteiger partial charge in [0.2, 0.25) is 0 Å². The van der Waals surface area contributed by atoms with Gasteiger partial charge in [-0.3, -0.25) is 0 Å². The lowest BCUT2D eigenvalue weighted by atomic mass is 10.3. The van der Waals surface area contributed by atoms with Gasteiger partial charge in [0.15, 0.2) is 0 Å². The van der Waals surface area contributed by atoms with Crippen molar-refractivity contribution in [1.29, 1.82) is 0 Å². The third-order valence-electron chi connectivity index (χ3n) is 1.12. The topological polar surface area (TPSA) is 94.8 Å². The summed E-state index contributed by atoms with van der Waals surface area (Å²) in [7, 11) is 0. The molecule has 0 aromatic heterocycles. The number of phenols is 1. The summed E-state index contributed by atoms with van der Waals surface area (Å²) in [6, 6.07) is 8.71. The minimum absolute atomic E-state index is 0.322. The molecule has 5 nitrogen and oxygen atoms in total. The number of aromatic hydroxyl groups is 1. The fourth-order valence-electron chi connectivity index (χ4n) is 0.571. The highest BCUT2D eigenvalue weighted by atomic mass is 16.4. The average Bonchev–Trinajstić information content (AvgIpc) is 2.17. The Morgan fingerprint density at radius 3 is 1.53 bits per heavy atom. The van der Waals surface area contributed by atoms with Crippen LogP contribution in [0.5, 0.6) is 5.75 Å². The first-order valence-electron chi connectivity index (χ1n) is 3.90. The Labute approximate surface area is 85.9 Å². The summed E-state index contributed by atoms with van der Waals surface area (Å²) < 4.78 is 0. The zero-order valence-electron chi connectivity index (χ0n) is 7.70. The number of hydrogen-bond acceptors (Lipinski definition) is 3. The Morgan fingerprint density at radius 2 is 1.33 bits per heavy atom. The fourth-order valence-corrected chi connectivity index (χ4v) is 0.571. The van der Waals surface area contributed by atoms with Crippen molar-refractivity contribution in [2.24, 2.45) is 0 Å². The molecule has 0 amide bonds. The summed E-state index contributed by atoms with van der Waals surface area (Å²) in [5.41, 5.74) is 0. The van der Waals surface area contributed by atoms with E-state index in [1.807, 2.05) is 6.07 Å². The Bertz CT molecular complexity index is 326. The summed E-state index contributed by atoms with van der Waals surface area (Å²) in [5.74, 6) is -2.19. The highest BCUT2D eigenvalue weighted by Gasteiger charge is 1.88. The molecule has 0 radical (unpaired) electrons. The monoisotopic (exact) mass is 210 g/mol. The highest BCUT2D eigenvalue weighted by Crippen LogP contribution is 2.02. The van der Waals surface area contributed by atoms with Crippen LogP contribution in [0.25, 0.3) is 0 Å². The van der Waals surface area contributed by atoms with Crippen molar-refractivity contribution in [2.45, 2.75) is 0 Å². The number of aliphatic carboxylic acids is 2. The van der Waals surface area contributed by atoms with Gasteiger partial charge in [-0.2, -0.15) is 0 Å². The van der Waals surface area contributed by atoms with E-state index in [0.29, 0.717) is 17.9 Å². The number of carboxylic acids is 2. The molecule has 0 heterocycles. The minimum Gasteiger partial charge on any atom is -0.508 e. The van der Waals surface area contributed by atoms with Crippen molar-refractivity contribution in [2.75, 3.05) is 0 Å². The van der Waals surface area contributed by atoms with E-state index in [4.69, 9.17) is 15.3 Å². The van der Waals surface area contributed by atoms with Crippen molar-refractivity contribution < 1.29 is 24.9 Å². The van der Waals surface area contributed by atoms with Crippen molar-refractivity contribution >= 4 is 11.9 Å². The van der Waals surface area contributed by atoms with Gasteiger partial charge < -0.3 is 15.3 Å². The Hall–Kier alpha value is -2.30. The first kappa shape index (κ1) is 12.7. The van der Waals surface area contributed by atoms with Gasteiger partial charge in [-0.15, -0.1) is 0 Å². The van der Waals surface area contributed by atoms with E-state index in [1.165, 1.54) is 0 Å². The normalized spacial score (nSPS) is 9.07. The first-order valence-corrected chi connectivity index (χ1v) is 3.90. The molecule has 0 unspecified atom stereocenters. The molecular formula is C10H10O5. The second-order valence-electron chi connectivity index (χ2n) is 2.35. The molecule has 0 aliphatic heterocycles. The molecule has 15 heavy (non-hydrogen) atoms. The van der Waals surface area contributed by atoms with Gasteiger partial charge in [0.05, 0.1) is 0 Å². The Balaban J connectivity index is 0.000000262. The SMILES string of the molecule is O=C(O)/C=C\C(=O)O.Oc1ccccc1. The van der Waals surface area contributed by atoms with E-state index in [2.05, 4.69) is 0 Å². The van der Waals surface area contributed by atoms with E-state index in [-0.39, 0.29) is 0 Å². The van der Waals surface area contributed by atoms with Crippen molar-refractivity contribution in [3.05, 3.63) is 42.5 Å². The predicted molar refractivity (Wildman–Crippen MR) is 52.5 cm³/mol. The van der Waals surface area contributed by atoms with Crippen LogP contribution in [0.15, 0.2) is 42.5 Å². The molecule has 0 bridgehead atoms. The quantitative estimate of drug-likeness (QED) is 0.635. The zero-order chi connectivity index (χ0) is 11.7. The molecule has 80 valence electrons. The molecule has 3 N–H and O–H groups in total. The second kappa shape index (κ2) is 7.14. The van der Waals surface area contributed by atoms with Crippen LogP contribution < -0.4 is 0 Å². The summed E-state index contributed by atoms with van der Waals surface area (Å²) in [6.45, 7) is 0. The molecule has 0 aliphatic carbocycles. The molecule has 0 aliphatic rings. The van der Waals surface area contributed by atoms with Crippen LogP contribution in [0.4, 0.5) is 0 Å². The van der Waals surface area contributed by atoms with E-state index in [1.54, 1.807) is 24.3 Å². The van der Waals surface area contributed by atoms with Crippen LogP contribution in [0.2, 0.25) is 0 Å². The van der Waals surface area contributed by atoms with Crippen LogP contribution in [0.1, 0.15) is 0 Å². The van der Waals surface area contributed by atoms with E-state index in [0.717, 1.165) is 0 Å². The highest BCUT2D eigenvalue weighted by molar-refractivity contribution is 5.89. The van der Waals surface area contributed by atoms with Crippen LogP contribution in [0.3, 0.4) is 0 Å².